The molecule has 1 heterocycles. The standard InChI is InChI=1S/C13H13NO/c1-10(2)9-14-8-7-11-5-3-4-6-12(11)13(14)15/h3-8H,1,9H2,2H3. The van der Waals surface area contributed by atoms with E-state index in [9.17, 15) is 4.79 Å². The van der Waals surface area contributed by atoms with E-state index in [0.717, 1.165) is 16.3 Å². The van der Waals surface area contributed by atoms with Gasteiger partial charge in [0.1, 0.15) is 0 Å². The third kappa shape index (κ3) is 1.84. The number of benzene rings is 1. The van der Waals surface area contributed by atoms with Crippen molar-refractivity contribution in [3.63, 3.8) is 0 Å². The average molecular weight is 199 g/mol. The number of hydrogen-bond donors (Lipinski definition) is 0. The van der Waals surface area contributed by atoms with E-state index in [1.807, 2.05) is 43.5 Å². The molecule has 2 heteroatoms. The monoisotopic (exact) mass is 199 g/mol. The summed E-state index contributed by atoms with van der Waals surface area (Å²) in [6.45, 7) is 6.32. The molecule has 2 nitrogen and oxygen atoms in total. The lowest BCUT2D eigenvalue weighted by Crippen LogP contribution is -2.19. The number of allylic oxidation sites excluding steroid dienone is 1. The maximum Gasteiger partial charge on any atom is 0.258 e. The van der Waals surface area contributed by atoms with Crippen molar-refractivity contribution < 1.29 is 0 Å². The van der Waals surface area contributed by atoms with Gasteiger partial charge in [-0.3, -0.25) is 4.79 Å². The van der Waals surface area contributed by atoms with Gasteiger partial charge in [0.05, 0.1) is 0 Å². The van der Waals surface area contributed by atoms with Crippen molar-refractivity contribution in [2.45, 2.75) is 13.5 Å². The van der Waals surface area contributed by atoms with Crippen molar-refractivity contribution >= 4 is 10.8 Å². The van der Waals surface area contributed by atoms with Gasteiger partial charge in [0.15, 0.2) is 0 Å². The Morgan fingerprint density at radius 3 is 2.80 bits per heavy atom. The Balaban J connectivity index is 2.65. The fraction of sp³-hybridized carbons (Fsp3) is 0.154. The van der Waals surface area contributed by atoms with E-state index < -0.39 is 0 Å². The fourth-order valence-electron chi connectivity index (χ4n) is 1.65. The second-order valence-corrected chi connectivity index (χ2v) is 3.79. The summed E-state index contributed by atoms with van der Waals surface area (Å²) in [5.74, 6) is 0. The maximum atomic E-state index is 12.0. The molecule has 0 aliphatic rings. The minimum absolute atomic E-state index is 0.0519. The van der Waals surface area contributed by atoms with Crippen molar-refractivity contribution in [1.29, 1.82) is 0 Å². The van der Waals surface area contributed by atoms with Crippen LogP contribution in [0.4, 0.5) is 0 Å². The molecule has 2 rings (SSSR count). The first-order valence-corrected chi connectivity index (χ1v) is 4.91. The van der Waals surface area contributed by atoms with Crippen LogP contribution in [0, 0.1) is 0 Å². The molecular formula is C13H13NO. The second-order valence-electron chi connectivity index (χ2n) is 3.79. The van der Waals surface area contributed by atoms with Crippen LogP contribution in [-0.2, 0) is 6.54 Å². The molecule has 1 aromatic heterocycles. The molecule has 0 saturated carbocycles. The number of pyridine rings is 1. The third-order valence-electron chi connectivity index (χ3n) is 2.33. The van der Waals surface area contributed by atoms with Crippen molar-refractivity contribution in [2.75, 3.05) is 0 Å². The Kier molecular flexibility index (Phi) is 2.42. The van der Waals surface area contributed by atoms with Crippen LogP contribution < -0.4 is 5.56 Å². The molecular weight excluding hydrogens is 186 g/mol. The van der Waals surface area contributed by atoms with E-state index in [4.69, 9.17) is 0 Å². The summed E-state index contributed by atoms with van der Waals surface area (Å²) in [5, 5.41) is 1.75. The molecule has 0 aliphatic heterocycles. The van der Waals surface area contributed by atoms with Crippen molar-refractivity contribution in [3.8, 4) is 0 Å². The van der Waals surface area contributed by atoms with Crippen molar-refractivity contribution in [1.82, 2.24) is 4.57 Å². The average Bonchev–Trinajstić information content (AvgIpc) is 2.22. The third-order valence-corrected chi connectivity index (χ3v) is 2.33. The SMILES string of the molecule is C=C(C)Cn1ccc2ccccc2c1=O. The van der Waals surface area contributed by atoms with Gasteiger partial charge in [-0.05, 0) is 24.4 Å². The molecule has 0 aliphatic carbocycles. The van der Waals surface area contributed by atoms with Crippen LogP contribution in [0.1, 0.15) is 6.92 Å². The lowest BCUT2D eigenvalue weighted by Gasteiger charge is -2.06. The predicted molar refractivity (Wildman–Crippen MR) is 63.0 cm³/mol. The van der Waals surface area contributed by atoms with E-state index in [0.29, 0.717) is 6.54 Å². The molecule has 0 amide bonds. The van der Waals surface area contributed by atoms with Crippen LogP contribution in [0.2, 0.25) is 0 Å². The summed E-state index contributed by atoms with van der Waals surface area (Å²) >= 11 is 0. The molecule has 0 spiro atoms. The maximum absolute atomic E-state index is 12.0. The molecule has 0 radical (unpaired) electrons. The second kappa shape index (κ2) is 3.73. The highest BCUT2D eigenvalue weighted by Gasteiger charge is 2.01. The quantitative estimate of drug-likeness (QED) is 0.681. The minimum atomic E-state index is 0.0519. The van der Waals surface area contributed by atoms with Gasteiger partial charge in [0.2, 0.25) is 0 Å². The molecule has 0 fully saturated rings. The summed E-state index contributed by atoms with van der Waals surface area (Å²) in [6.07, 6.45) is 1.82. The Hall–Kier alpha value is -1.83. The van der Waals surface area contributed by atoms with E-state index in [1.165, 1.54) is 0 Å². The summed E-state index contributed by atoms with van der Waals surface area (Å²) in [5.41, 5.74) is 1.03. The van der Waals surface area contributed by atoms with Gasteiger partial charge < -0.3 is 4.57 Å². The van der Waals surface area contributed by atoms with Crippen LogP contribution >= 0.6 is 0 Å². The van der Waals surface area contributed by atoms with Gasteiger partial charge in [-0.15, -0.1) is 0 Å². The van der Waals surface area contributed by atoms with Crippen LogP contribution in [0.15, 0.2) is 53.5 Å². The molecule has 76 valence electrons. The molecule has 2 aromatic rings. The highest BCUT2D eigenvalue weighted by molar-refractivity contribution is 5.81. The van der Waals surface area contributed by atoms with Crippen molar-refractivity contribution in [2.24, 2.45) is 0 Å². The summed E-state index contributed by atoms with van der Waals surface area (Å²) in [7, 11) is 0. The van der Waals surface area contributed by atoms with E-state index in [-0.39, 0.29) is 5.56 Å². The number of nitrogens with zero attached hydrogens (tertiary/aromatic N) is 1. The van der Waals surface area contributed by atoms with Crippen LogP contribution in [-0.4, -0.2) is 4.57 Å². The highest BCUT2D eigenvalue weighted by atomic mass is 16.1. The van der Waals surface area contributed by atoms with Gasteiger partial charge in [0.25, 0.3) is 5.56 Å². The first kappa shape index (κ1) is 9.71. The highest BCUT2D eigenvalue weighted by Crippen LogP contribution is 2.08. The minimum Gasteiger partial charge on any atom is -0.311 e. The zero-order chi connectivity index (χ0) is 10.8. The lowest BCUT2D eigenvalue weighted by atomic mass is 10.2. The molecule has 0 atom stereocenters. The predicted octanol–water partition coefficient (Wildman–Crippen LogP) is 2.58. The zero-order valence-electron chi connectivity index (χ0n) is 8.73. The summed E-state index contributed by atoms with van der Waals surface area (Å²) < 4.78 is 1.69. The van der Waals surface area contributed by atoms with Gasteiger partial charge in [0, 0.05) is 18.1 Å². The van der Waals surface area contributed by atoms with Crippen molar-refractivity contribution in [3.05, 3.63) is 59.0 Å². The molecule has 0 bridgehead atoms. The largest absolute Gasteiger partial charge is 0.311 e. The first-order chi connectivity index (χ1) is 7.18. The van der Waals surface area contributed by atoms with Gasteiger partial charge in [-0.2, -0.15) is 0 Å². The van der Waals surface area contributed by atoms with Gasteiger partial charge in [-0.1, -0.05) is 30.4 Å². The number of rotatable bonds is 2. The smallest absolute Gasteiger partial charge is 0.258 e. The molecule has 0 N–H and O–H groups in total. The van der Waals surface area contributed by atoms with Crippen LogP contribution in [0.5, 0.6) is 0 Å². The number of hydrogen-bond acceptors (Lipinski definition) is 1. The van der Waals surface area contributed by atoms with Gasteiger partial charge in [-0.25, -0.2) is 0 Å². The summed E-state index contributed by atoms with van der Waals surface area (Å²) in [6, 6.07) is 9.58. The number of aromatic nitrogens is 1. The Morgan fingerprint density at radius 2 is 2.07 bits per heavy atom. The molecule has 0 unspecified atom stereocenters. The molecule has 0 saturated heterocycles. The Bertz CT molecular complexity index is 566. The Morgan fingerprint density at radius 1 is 1.33 bits per heavy atom. The van der Waals surface area contributed by atoms with E-state index in [1.54, 1.807) is 4.57 Å². The summed E-state index contributed by atoms with van der Waals surface area (Å²) in [4.78, 5) is 12.0. The van der Waals surface area contributed by atoms with Gasteiger partial charge >= 0.3 is 0 Å². The Labute approximate surface area is 88.5 Å². The first-order valence-electron chi connectivity index (χ1n) is 4.91. The normalized spacial score (nSPS) is 10.5. The van der Waals surface area contributed by atoms with Crippen LogP contribution in [0.25, 0.3) is 10.8 Å². The topological polar surface area (TPSA) is 22.0 Å². The van der Waals surface area contributed by atoms with E-state index >= 15 is 0 Å². The van der Waals surface area contributed by atoms with E-state index in [2.05, 4.69) is 6.58 Å². The molecule has 1 aromatic carbocycles. The van der Waals surface area contributed by atoms with Crippen LogP contribution in [0.3, 0.4) is 0 Å². The number of fused-ring (bicyclic) bond motifs is 1. The fourth-order valence-corrected chi connectivity index (χ4v) is 1.65. The zero-order valence-corrected chi connectivity index (χ0v) is 8.73. The lowest BCUT2D eigenvalue weighted by molar-refractivity contribution is 0.757. The molecule has 15 heavy (non-hydrogen) atoms.